The highest BCUT2D eigenvalue weighted by molar-refractivity contribution is 5.81. The van der Waals surface area contributed by atoms with Crippen LogP contribution in [0.2, 0.25) is 0 Å². The highest BCUT2D eigenvalue weighted by atomic mass is 19.4. The molecular weight excluding hydrogens is 307 g/mol. The van der Waals surface area contributed by atoms with E-state index in [9.17, 15) is 31.9 Å². The Hall–Kier alpha value is -1.26. The van der Waals surface area contributed by atoms with Crippen molar-refractivity contribution in [2.75, 3.05) is 6.61 Å². The van der Waals surface area contributed by atoms with Crippen molar-refractivity contribution < 1.29 is 46.1 Å². The van der Waals surface area contributed by atoms with Crippen LogP contribution in [0.5, 0.6) is 0 Å². The summed E-state index contributed by atoms with van der Waals surface area (Å²) in [6.07, 6.45) is -7.13. The second kappa shape index (κ2) is 5.18. The zero-order valence-electron chi connectivity index (χ0n) is 11.0. The molecule has 5 nitrogen and oxygen atoms in total. The number of aliphatic hydroxyl groups is 1. The first kappa shape index (κ1) is 17.8. The number of alkyl halides is 5. The van der Waals surface area contributed by atoms with Gasteiger partial charge in [-0.25, -0.2) is 4.79 Å². The highest BCUT2D eigenvalue weighted by Crippen LogP contribution is 2.47. The SMILES string of the molecule is C=CC(=O)OC(C)(C)C1OCC(F)(F)C(O)(C(F)(F)F)O1. The van der Waals surface area contributed by atoms with Gasteiger partial charge in [0.15, 0.2) is 5.60 Å². The van der Waals surface area contributed by atoms with Crippen molar-refractivity contribution in [3.8, 4) is 0 Å². The fraction of sp³-hybridized carbons (Fsp3) is 0.727. The molecule has 1 aliphatic rings. The van der Waals surface area contributed by atoms with Crippen LogP contribution in [0.3, 0.4) is 0 Å². The molecule has 1 rings (SSSR count). The first-order valence-electron chi connectivity index (χ1n) is 5.58. The van der Waals surface area contributed by atoms with Gasteiger partial charge in [-0.15, -0.1) is 0 Å². The summed E-state index contributed by atoms with van der Waals surface area (Å²) >= 11 is 0. The Kier molecular flexibility index (Phi) is 4.39. The molecule has 0 aromatic carbocycles. The average Bonchev–Trinajstić information content (AvgIpc) is 2.30. The van der Waals surface area contributed by atoms with Gasteiger partial charge in [0.05, 0.1) is 0 Å². The predicted octanol–water partition coefficient (Wildman–Crippen LogP) is 1.75. The number of hydrogen-bond acceptors (Lipinski definition) is 5. The van der Waals surface area contributed by atoms with Gasteiger partial charge in [0.25, 0.3) is 0 Å². The third-order valence-corrected chi connectivity index (χ3v) is 2.67. The largest absolute Gasteiger partial charge is 0.451 e. The molecular formula is C11H13F5O5. The van der Waals surface area contributed by atoms with Gasteiger partial charge < -0.3 is 19.3 Å². The van der Waals surface area contributed by atoms with Gasteiger partial charge in [0.2, 0.25) is 6.29 Å². The van der Waals surface area contributed by atoms with E-state index in [0.717, 1.165) is 19.9 Å². The van der Waals surface area contributed by atoms with Crippen LogP contribution >= 0.6 is 0 Å². The number of ether oxygens (including phenoxy) is 3. The van der Waals surface area contributed by atoms with Crippen LogP contribution in [-0.4, -0.2) is 47.5 Å². The lowest BCUT2D eigenvalue weighted by Crippen LogP contribution is -2.69. The van der Waals surface area contributed by atoms with Crippen LogP contribution < -0.4 is 0 Å². The zero-order valence-corrected chi connectivity index (χ0v) is 11.0. The van der Waals surface area contributed by atoms with E-state index in [-0.39, 0.29) is 0 Å². The summed E-state index contributed by atoms with van der Waals surface area (Å²) in [5.74, 6) is -10.5. The molecule has 2 atom stereocenters. The second-order valence-corrected chi connectivity index (χ2v) is 4.84. The lowest BCUT2D eigenvalue weighted by Gasteiger charge is -2.46. The number of rotatable bonds is 3. The molecule has 0 bridgehead atoms. The Bertz CT molecular complexity index is 433. The molecule has 21 heavy (non-hydrogen) atoms. The molecule has 0 saturated carbocycles. The van der Waals surface area contributed by atoms with E-state index in [1.165, 1.54) is 0 Å². The minimum absolute atomic E-state index is 0.717. The normalized spacial score (nSPS) is 29.8. The van der Waals surface area contributed by atoms with Crippen molar-refractivity contribution in [1.29, 1.82) is 0 Å². The van der Waals surface area contributed by atoms with Crippen molar-refractivity contribution in [3.05, 3.63) is 12.7 Å². The van der Waals surface area contributed by atoms with E-state index in [1.54, 1.807) is 0 Å². The highest BCUT2D eigenvalue weighted by Gasteiger charge is 2.74. The summed E-state index contributed by atoms with van der Waals surface area (Å²) in [5.41, 5.74) is -1.87. The summed E-state index contributed by atoms with van der Waals surface area (Å²) in [6.45, 7) is 3.45. The Labute approximate surface area is 116 Å². The first-order valence-corrected chi connectivity index (χ1v) is 5.58. The summed E-state index contributed by atoms with van der Waals surface area (Å²) in [6, 6.07) is 0. The maximum Gasteiger partial charge on any atom is 0.449 e. The lowest BCUT2D eigenvalue weighted by atomic mass is 10.0. The van der Waals surface area contributed by atoms with Crippen molar-refractivity contribution >= 4 is 5.97 Å². The number of esters is 1. The van der Waals surface area contributed by atoms with E-state index in [1.807, 2.05) is 0 Å². The summed E-state index contributed by atoms with van der Waals surface area (Å²) < 4.78 is 77.8. The third kappa shape index (κ3) is 3.16. The summed E-state index contributed by atoms with van der Waals surface area (Å²) in [7, 11) is 0. The quantitative estimate of drug-likeness (QED) is 0.488. The fourth-order valence-corrected chi connectivity index (χ4v) is 1.52. The number of hydrogen-bond donors (Lipinski definition) is 1. The van der Waals surface area contributed by atoms with Gasteiger partial charge in [0, 0.05) is 6.08 Å². The molecule has 1 aliphatic heterocycles. The van der Waals surface area contributed by atoms with Crippen LogP contribution in [-0.2, 0) is 19.0 Å². The van der Waals surface area contributed by atoms with Gasteiger partial charge >= 0.3 is 23.9 Å². The molecule has 0 aromatic heterocycles. The number of carbonyl (C=O) groups excluding carboxylic acids is 1. The van der Waals surface area contributed by atoms with E-state index < -0.39 is 42.4 Å². The zero-order chi connectivity index (χ0) is 16.7. The molecule has 1 N–H and O–H groups in total. The molecule has 0 aliphatic carbocycles. The Balaban J connectivity index is 3.06. The first-order chi connectivity index (χ1) is 9.27. The van der Waals surface area contributed by atoms with E-state index in [4.69, 9.17) is 0 Å². The molecule has 2 unspecified atom stereocenters. The monoisotopic (exact) mass is 320 g/mol. The van der Waals surface area contributed by atoms with E-state index in [2.05, 4.69) is 20.8 Å². The standard InChI is InChI=1S/C11H13F5O5/c1-4-6(17)20-8(2,3)7-19-5-9(12,13)10(18,21-7)11(14,15)16/h4,7,18H,1,5H2,2-3H3. The number of halogens is 5. The van der Waals surface area contributed by atoms with Crippen molar-refractivity contribution in [3.63, 3.8) is 0 Å². The smallest absolute Gasteiger partial charge is 0.449 e. The van der Waals surface area contributed by atoms with E-state index >= 15 is 0 Å². The van der Waals surface area contributed by atoms with Gasteiger partial charge in [-0.3, -0.25) is 0 Å². The minimum Gasteiger partial charge on any atom is -0.451 e. The van der Waals surface area contributed by atoms with Gasteiger partial charge in [-0.2, -0.15) is 22.0 Å². The third-order valence-electron chi connectivity index (χ3n) is 2.67. The minimum atomic E-state index is -5.78. The number of carbonyl (C=O) groups is 1. The van der Waals surface area contributed by atoms with Gasteiger partial charge in [0.1, 0.15) is 6.61 Å². The maximum atomic E-state index is 13.3. The Morgan fingerprint density at radius 2 is 1.95 bits per heavy atom. The molecule has 1 heterocycles. The van der Waals surface area contributed by atoms with Crippen molar-refractivity contribution in [2.24, 2.45) is 0 Å². The fourth-order valence-electron chi connectivity index (χ4n) is 1.52. The molecule has 1 saturated heterocycles. The maximum absolute atomic E-state index is 13.3. The van der Waals surface area contributed by atoms with Gasteiger partial charge in [-0.05, 0) is 13.8 Å². The van der Waals surface area contributed by atoms with Crippen LogP contribution in [0.1, 0.15) is 13.8 Å². The average molecular weight is 320 g/mol. The van der Waals surface area contributed by atoms with Crippen LogP contribution in [0.15, 0.2) is 12.7 Å². The van der Waals surface area contributed by atoms with Crippen LogP contribution in [0.4, 0.5) is 22.0 Å². The molecule has 10 heteroatoms. The summed E-state index contributed by atoms with van der Waals surface area (Å²) in [5, 5.41) is 9.22. The summed E-state index contributed by atoms with van der Waals surface area (Å²) in [4.78, 5) is 11.1. The predicted molar refractivity (Wildman–Crippen MR) is 57.1 cm³/mol. The Morgan fingerprint density at radius 3 is 2.38 bits per heavy atom. The topological polar surface area (TPSA) is 65.0 Å². The molecule has 0 radical (unpaired) electrons. The molecule has 122 valence electrons. The molecule has 0 spiro atoms. The van der Waals surface area contributed by atoms with Crippen molar-refractivity contribution in [2.45, 2.75) is 43.6 Å². The molecule has 0 amide bonds. The molecule has 0 aromatic rings. The van der Waals surface area contributed by atoms with Crippen LogP contribution in [0.25, 0.3) is 0 Å². The van der Waals surface area contributed by atoms with Crippen molar-refractivity contribution in [1.82, 2.24) is 0 Å². The van der Waals surface area contributed by atoms with Gasteiger partial charge in [-0.1, -0.05) is 6.58 Å². The van der Waals surface area contributed by atoms with E-state index in [0.29, 0.717) is 0 Å². The Morgan fingerprint density at radius 1 is 1.43 bits per heavy atom. The van der Waals surface area contributed by atoms with Crippen LogP contribution in [0, 0.1) is 0 Å². The lowest BCUT2D eigenvalue weighted by molar-refractivity contribution is -0.499. The molecule has 1 fully saturated rings. The second-order valence-electron chi connectivity index (χ2n) is 4.84.